The van der Waals surface area contributed by atoms with Crippen LogP contribution in [-0.2, 0) is 105 Å². The lowest BCUT2D eigenvalue weighted by Gasteiger charge is -2.47. The van der Waals surface area contributed by atoms with Crippen LogP contribution in [0.25, 0.3) is 0 Å². The lowest BCUT2D eigenvalue weighted by molar-refractivity contribution is -0.334. The largest absolute Gasteiger partial charge is 0.467 e. The first-order valence-electron chi connectivity index (χ1n) is 24.9. The van der Waals surface area contributed by atoms with Gasteiger partial charge in [-0.3, -0.25) is 28.8 Å². The Bertz CT molecular complexity index is 2340. The minimum atomic E-state index is -1.89. The van der Waals surface area contributed by atoms with E-state index in [2.05, 4.69) is 0 Å². The van der Waals surface area contributed by atoms with E-state index in [4.69, 9.17) is 76.8 Å². The van der Waals surface area contributed by atoms with Crippen LogP contribution in [0.15, 0.2) is 60.7 Å². The summed E-state index contributed by atoms with van der Waals surface area (Å²) in [6.07, 6.45) is -19.7. The average Bonchev–Trinajstić information content (AvgIpc) is 3.45. The zero-order valence-corrected chi connectivity index (χ0v) is 45.2. The van der Waals surface area contributed by atoms with Crippen molar-refractivity contribution in [2.75, 3.05) is 39.7 Å². The van der Waals surface area contributed by atoms with E-state index in [1.807, 2.05) is 0 Å². The third-order valence-electron chi connectivity index (χ3n) is 11.9. The van der Waals surface area contributed by atoms with Gasteiger partial charge in [0.2, 0.25) is 0 Å². The normalized spacial score (nSPS) is 28.6. The quantitative estimate of drug-likeness (QED) is 0.0848. The molecule has 0 aromatic heterocycles. The van der Waals surface area contributed by atoms with Crippen LogP contribution < -0.4 is 5.73 Å². The molecule has 0 unspecified atom stereocenters. The molecule has 430 valence electrons. The van der Waals surface area contributed by atoms with Gasteiger partial charge in [0.25, 0.3) is 0 Å². The van der Waals surface area contributed by atoms with Crippen molar-refractivity contribution in [3.8, 4) is 0 Å². The summed E-state index contributed by atoms with van der Waals surface area (Å²) < 4.78 is 88.4. The molecule has 0 spiro atoms. The molecule has 0 radical (unpaired) electrons. The molecule has 3 heterocycles. The van der Waals surface area contributed by atoms with Crippen LogP contribution in [0.1, 0.15) is 87.9 Å². The van der Waals surface area contributed by atoms with Gasteiger partial charge in [0.1, 0.15) is 23.7 Å². The number of carbonyl (C=O) groups is 9. The molecular formula is C52H67NO24S. The van der Waals surface area contributed by atoms with Gasteiger partial charge in [-0.2, -0.15) is 0 Å². The highest BCUT2D eigenvalue weighted by atomic mass is 32.2. The van der Waals surface area contributed by atoms with Crippen LogP contribution in [0.4, 0.5) is 0 Å². The maximum absolute atomic E-state index is 13.9. The van der Waals surface area contributed by atoms with Crippen molar-refractivity contribution in [2.45, 2.75) is 158 Å². The molecule has 3 fully saturated rings. The van der Waals surface area contributed by atoms with Gasteiger partial charge in [0, 0.05) is 48.7 Å². The molecule has 25 nitrogen and oxygen atoms in total. The Hall–Kier alpha value is -6.26. The van der Waals surface area contributed by atoms with Gasteiger partial charge in [-0.25, -0.2) is 14.4 Å². The maximum atomic E-state index is 13.9. The SMILES string of the molecule is COC(=O)[C@H]1O[C@@H](OC[C@H]2O[C@@H](OC[C@H]3O[C@@H](SCCCCCCN)[C@H](OC(C)=O)[C@@H](OC(C)=O)[C@H]3OC(C)=O)[C@H](OC(C)=O)[C@@H](OC(C)=O)[C@H]2OC(C)=O)[C@H](OC(=O)c2ccccc2)[C@@H](OC(=O)c2ccccc2)[C@@H]1OC. The highest BCUT2D eigenvalue weighted by molar-refractivity contribution is 7.99. The smallest absolute Gasteiger partial charge is 0.338 e. The second kappa shape index (κ2) is 30.8. The number of hydrogen-bond donors (Lipinski definition) is 1. The van der Waals surface area contributed by atoms with E-state index in [1.165, 1.54) is 43.1 Å². The Morgan fingerprint density at radius 2 is 0.859 bits per heavy atom. The molecule has 3 aliphatic rings. The lowest BCUT2D eigenvalue weighted by atomic mass is 9.96. The van der Waals surface area contributed by atoms with E-state index < -0.39 is 158 Å². The first kappa shape index (κ1) is 62.6. The number of esters is 9. The summed E-state index contributed by atoms with van der Waals surface area (Å²) in [7, 11) is 2.24. The molecule has 2 N–H and O–H groups in total. The highest BCUT2D eigenvalue weighted by Gasteiger charge is 2.58. The molecule has 0 amide bonds. The van der Waals surface area contributed by atoms with Crippen LogP contribution in [0.3, 0.4) is 0 Å². The summed E-state index contributed by atoms with van der Waals surface area (Å²) in [6, 6.07) is 15.4. The average molecular weight is 1120 g/mol. The summed E-state index contributed by atoms with van der Waals surface area (Å²) in [4.78, 5) is 118. The molecule has 26 heteroatoms. The molecule has 2 aromatic rings. The number of carbonyl (C=O) groups excluding carboxylic acids is 9. The van der Waals surface area contributed by atoms with E-state index in [1.54, 1.807) is 36.4 Å². The Kier molecular flexibility index (Phi) is 24.7. The summed E-state index contributed by atoms with van der Waals surface area (Å²) >= 11 is 1.23. The van der Waals surface area contributed by atoms with Crippen LogP contribution in [-0.4, -0.2) is 185 Å². The zero-order chi connectivity index (χ0) is 57.1. The molecule has 5 rings (SSSR count). The van der Waals surface area contributed by atoms with Gasteiger partial charge in [-0.1, -0.05) is 49.2 Å². The van der Waals surface area contributed by atoms with Gasteiger partial charge in [0.15, 0.2) is 67.5 Å². The Morgan fingerprint density at radius 3 is 1.33 bits per heavy atom. The summed E-state index contributed by atoms with van der Waals surface area (Å²) in [5.41, 5.74) is 4.71. The van der Waals surface area contributed by atoms with E-state index in [0.717, 1.165) is 67.9 Å². The van der Waals surface area contributed by atoms with Crippen molar-refractivity contribution in [3.05, 3.63) is 71.8 Å². The van der Waals surface area contributed by atoms with E-state index in [-0.39, 0.29) is 11.1 Å². The van der Waals surface area contributed by atoms with Crippen LogP contribution in [0.2, 0.25) is 0 Å². The predicted octanol–water partition coefficient (Wildman–Crippen LogP) is 2.68. The van der Waals surface area contributed by atoms with Crippen molar-refractivity contribution in [3.63, 3.8) is 0 Å². The molecule has 0 saturated carbocycles. The van der Waals surface area contributed by atoms with Crippen LogP contribution in [0.5, 0.6) is 0 Å². The van der Waals surface area contributed by atoms with E-state index >= 15 is 0 Å². The lowest BCUT2D eigenvalue weighted by Crippen LogP contribution is -2.65. The Morgan fingerprint density at radius 1 is 0.462 bits per heavy atom. The Balaban J connectivity index is 1.56. The molecule has 0 aliphatic carbocycles. The van der Waals surface area contributed by atoms with Crippen LogP contribution >= 0.6 is 11.8 Å². The van der Waals surface area contributed by atoms with Gasteiger partial charge in [0.05, 0.1) is 31.5 Å². The fourth-order valence-electron chi connectivity index (χ4n) is 8.73. The number of thioether (sulfide) groups is 1. The third-order valence-corrected chi connectivity index (χ3v) is 13.2. The van der Waals surface area contributed by atoms with Gasteiger partial charge < -0.3 is 76.8 Å². The molecule has 3 aliphatic heterocycles. The van der Waals surface area contributed by atoms with E-state index in [9.17, 15) is 43.2 Å². The van der Waals surface area contributed by atoms with E-state index in [0.29, 0.717) is 18.7 Å². The molecule has 2 aromatic carbocycles. The van der Waals surface area contributed by atoms with Crippen molar-refractivity contribution in [1.29, 1.82) is 0 Å². The summed E-state index contributed by atoms with van der Waals surface area (Å²) in [5.74, 6) is -7.75. The van der Waals surface area contributed by atoms with Crippen molar-refractivity contribution in [2.24, 2.45) is 5.73 Å². The van der Waals surface area contributed by atoms with Crippen molar-refractivity contribution < 1.29 is 114 Å². The topological polar surface area (TPSA) is 318 Å². The first-order valence-corrected chi connectivity index (χ1v) is 26.0. The monoisotopic (exact) mass is 1120 g/mol. The minimum absolute atomic E-state index is 0.0434. The fourth-order valence-corrected chi connectivity index (χ4v) is 9.95. The number of hydrogen-bond acceptors (Lipinski definition) is 26. The third kappa shape index (κ3) is 17.9. The summed E-state index contributed by atoms with van der Waals surface area (Å²) in [5, 5.41) is 0. The number of methoxy groups -OCH3 is 2. The number of benzene rings is 2. The zero-order valence-electron chi connectivity index (χ0n) is 44.4. The maximum Gasteiger partial charge on any atom is 0.338 e. The number of unbranched alkanes of at least 4 members (excludes halogenated alkanes) is 3. The fraction of sp³-hybridized carbons (Fsp3) is 0.596. The number of ether oxygens (including phenoxy) is 15. The number of nitrogens with two attached hydrogens (primary N) is 1. The molecular weight excluding hydrogens is 1050 g/mol. The van der Waals surface area contributed by atoms with Crippen LogP contribution in [0, 0.1) is 0 Å². The van der Waals surface area contributed by atoms with Gasteiger partial charge >= 0.3 is 53.7 Å². The second-order valence-corrected chi connectivity index (χ2v) is 19.1. The highest BCUT2D eigenvalue weighted by Crippen LogP contribution is 2.38. The standard InChI is InChI=1S/C52H67NO24S/c1-27(54)67-37-35(25-66-51-45(76-48(61)34-21-15-12-16-22-34)42(39(63-7)43(77-51)49(62)64-8)75-47(60)33-19-13-11-14-20-33)73-50(44(71-31(5)58)40(37)69-29(3)56)65-26-36-38(68-28(2)55)41(70-30(4)57)46(72-32(6)59)52(74-36)78-24-18-10-9-17-23-53/h11-16,19-22,35-46,50-52H,9-10,17-18,23-26,53H2,1-8H3/t35-,36-,37+,38+,39+,40+,41+,42+,43+,44-,45-,46-,50-,51-,52+/m1/s1. The van der Waals surface area contributed by atoms with Gasteiger partial charge in [-0.15, -0.1) is 11.8 Å². The number of rotatable bonds is 25. The van der Waals surface area contributed by atoms with Crippen molar-refractivity contribution in [1.82, 2.24) is 0 Å². The van der Waals surface area contributed by atoms with Gasteiger partial charge in [-0.05, 0) is 49.4 Å². The molecule has 15 atom stereocenters. The minimum Gasteiger partial charge on any atom is -0.467 e. The first-order chi connectivity index (χ1) is 37.3. The Labute approximate surface area is 454 Å². The second-order valence-electron chi connectivity index (χ2n) is 17.9. The summed E-state index contributed by atoms with van der Waals surface area (Å²) in [6.45, 7) is 5.47. The molecule has 0 bridgehead atoms. The predicted molar refractivity (Wildman–Crippen MR) is 265 cm³/mol. The molecule has 3 saturated heterocycles. The molecule has 78 heavy (non-hydrogen) atoms. The van der Waals surface area contributed by atoms with Crippen molar-refractivity contribution >= 4 is 65.5 Å².